The summed E-state index contributed by atoms with van der Waals surface area (Å²) in [5.74, 6) is 1.84. The van der Waals surface area contributed by atoms with E-state index in [0.717, 1.165) is 41.2 Å². The molecule has 2 heterocycles. The van der Waals surface area contributed by atoms with Crippen LogP contribution in [0.4, 0.5) is 0 Å². The highest BCUT2D eigenvalue weighted by molar-refractivity contribution is 5.96. The van der Waals surface area contributed by atoms with Crippen molar-refractivity contribution in [2.75, 3.05) is 13.1 Å². The Hall–Kier alpha value is -3.39. The molecular formula is C27H30N4O. The highest BCUT2D eigenvalue weighted by Crippen LogP contribution is 2.32. The molecule has 1 N–H and O–H groups in total. The van der Waals surface area contributed by atoms with Crippen LogP contribution in [0.1, 0.15) is 77.1 Å². The zero-order valence-corrected chi connectivity index (χ0v) is 19.3. The van der Waals surface area contributed by atoms with Crippen LogP contribution in [0.2, 0.25) is 0 Å². The number of nitriles is 1. The second-order valence-corrected chi connectivity index (χ2v) is 8.78. The molecule has 4 rings (SSSR count). The molecule has 0 unspecified atom stereocenters. The Bertz CT molecular complexity index is 1160. The van der Waals surface area contributed by atoms with E-state index in [4.69, 9.17) is 10.2 Å². The number of hydrogen-bond acceptors (Lipinski definition) is 3. The largest absolute Gasteiger partial charge is 0.345 e. The van der Waals surface area contributed by atoms with E-state index >= 15 is 0 Å². The van der Waals surface area contributed by atoms with Crippen LogP contribution in [0.5, 0.6) is 0 Å². The minimum Gasteiger partial charge on any atom is -0.345 e. The number of aryl methyl sites for hydroxylation is 2. The lowest BCUT2D eigenvalue weighted by atomic mass is 9.90. The number of imidazole rings is 1. The molecule has 164 valence electrons. The van der Waals surface area contributed by atoms with E-state index in [9.17, 15) is 4.79 Å². The van der Waals surface area contributed by atoms with Gasteiger partial charge in [-0.15, -0.1) is 0 Å². The predicted molar refractivity (Wildman–Crippen MR) is 127 cm³/mol. The zero-order chi connectivity index (χ0) is 22.8. The van der Waals surface area contributed by atoms with E-state index < -0.39 is 0 Å². The van der Waals surface area contributed by atoms with Crippen LogP contribution >= 0.6 is 0 Å². The van der Waals surface area contributed by atoms with Gasteiger partial charge in [0, 0.05) is 41.7 Å². The topological polar surface area (TPSA) is 72.8 Å². The summed E-state index contributed by atoms with van der Waals surface area (Å²) >= 11 is 0. The lowest BCUT2D eigenvalue weighted by Gasteiger charge is -2.39. The Labute approximate surface area is 190 Å². The van der Waals surface area contributed by atoms with Gasteiger partial charge in [0.2, 0.25) is 0 Å². The van der Waals surface area contributed by atoms with Crippen LogP contribution < -0.4 is 0 Å². The Morgan fingerprint density at radius 1 is 1.16 bits per heavy atom. The number of benzene rings is 2. The molecule has 0 saturated carbocycles. The van der Waals surface area contributed by atoms with Gasteiger partial charge in [-0.25, -0.2) is 4.98 Å². The van der Waals surface area contributed by atoms with E-state index in [2.05, 4.69) is 38.7 Å². The van der Waals surface area contributed by atoms with Crippen molar-refractivity contribution in [2.45, 2.75) is 52.4 Å². The first kappa shape index (κ1) is 21.8. The number of rotatable bonds is 6. The summed E-state index contributed by atoms with van der Waals surface area (Å²) in [6.07, 6.45) is 2.10. The van der Waals surface area contributed by atoms with E-state index in [0.29, 0.717) is 36.1 Å². The second kappa shape index (κ2) is 9.00. The number of H-pyrrole nitrogens is 1. The minimum atomic E-state index is 0.0598. The van der Waals surface area contributed by atoms with Crippen molar-refractivity contribution < 1.29 is 4.79 Å². The van der Waals surface area contributed by atoms with Crippen molar-refractivity contribution >= 4 is 5.91 Å². The molecule has 1 aliphatic heterocycles. The van der Waals surface area contributed by atoms with Gasteiger partial charge in [-0.3, -0.25) is 4.79 Å². The van der Waals surface area contributed by atoms with Crippen LogP contribution in [0.15, 0.2) is 42.5 Å². The molecule has 0 aliphatic carbocycles. The molecule has 1 aromatic heterocycles. The van der Waals surface area contributed by atoms with Gasteiger partial charge >= 0.3 is 0 Å². The average Bonchev–Trinajstić information content (AvgIpc) is 3.15. The number of likely N-dealkylation sites (tertiary alicyclic amines) is 1. The number of carbonyl (C=O) groups is 1. The lowest BCUT2D eigenvalue weighted by molar-refractivity contribution is 0.0602. The van der Waals surface area contributed by atoms with E-state index in [1.54, 1.807) is 0 Å². The Morgan fingerprint density at radius 2 is 1.84 bits per heavy atom. The van der Waals surface area contributed by atoms with Gasteiger partial charge in [-0.05, 0) is 62.1 Å². The lowest BCUT2D eigenvalue weighted by Crippen LogP contribution is -2.48. The van der Waals surface area contributed by atoms with E-state index in [1.807, 2.05) is 47.4 Å². The quantitative estimate of drug-likeness (QED) is 0.549. The number of nitrogens with zero attached hydrogens (tertiary/aromatic N) is 3. The summed E-state index contributed by atoms with van der Waals surface area (Å²) < 4.78 is 0. The molecule has 2 aromatic carbocycles. The SMILES string of the molecule is CCC(CC)c1nc(-c2cc(C(=O)N3CC(c4ccc(C#N)cc4)C3)ccc2C)c(C)[nH]1. The fourth-order valence-electron chi connectivity index (χ4n) is 4.49. The molecule has 1 aliphatic rings. The van der Waals surface area contributed by atoms with E-state index in [1.165, 1.54) is 5.56 Å². The molecule has 0 bridgehead atoms. The highest BCUT2D eigenvalue weighted by Gasteiger charge is 2.32. The average molecular weight is 427 g/mol. The summed E-state index contributed by atoms with van der Waals surface area (Å²) in [6.45, 7) is 9.91. The molecular weight excluding hydrogens is 396 g/mol. The van der Waals surface area contributed by atoms with Crippen LogP contribution in [-0.2, 0) is 0 Å². The number of amides is 1. The fraction of sp³-hybridized carbons (Fsp3) is 0.370. The maximum absolute atomic E-state index is 13.1. The molecule has 32 heavy (non-hydrogen) atoms. The van der Waals surface area contributed by atoms with Crippen LogP contribution in [0.25, 0.3) is 11.3 Å². The van der Waals surface area contributed by atoms with Gasteiger partial charge in [0.25, 0.3) is 5.91 Å². The van der Waals surface area contributed by atoms with Gasteiger partial charge in [-0.2, -0.15) is 5.26 Å². The van der Waals surface area contributed by atoms with Gasteiger partial charge in [0.05, 0.1) is 17.3 Å². The molecule has 3 aromatic rings. The van der Waals surface area contributed by atoms with Gasteiger partial charge in [0.1, 0.15) is 5.82 Å². The van der Waals surface area contributed by atoms with Gasteiger partial charge in [0.15, 0.2) is 0 Å². The molecule has 0 atom stereocenters. The van der Waals surface area contributed by atoms with Crippen molar-refractivity contribution in [3.05, 3.63) is 76.2 Å². The number of hydrogen-bond donors (Lipinski definition) is 1. The molecule has 1 fully saturated rings. The van der Waals surface area contributed by atoms with Crippen molar-refractivity contribution in [3.63, 3.8) is 0 Å². The van der Waals surface area contributed by atoms with Crippen molar-refractivity contribution in [2.24, 2.45) is 0 Å². The minimum absolute atomic E-state index is 0.0598. The van der Waals surface area contributed by atoms with Crippen molar-refractivity contribution in [1.82, 2.24) is 14.9 Å². The third-order valence-corrected chi connectivity index (χ3v) is 6.69. The molecule has 1 amide bonds. The predicted octanol–water partition coefficient (Wildman–Crippen LogP) is 5.71. The molecule has 0 spiro atoms. The maximum atomic E-state index is 13.1. The maximum Gasteiger partial charge on any atom is 0.253 e. The first-order valence-electron chi connectivity index (χ1n) is 11.4. The Morgan fingerprint density at radius 3 is 2.47 bits per heavy atom. The van der Waals surface area contributed by atoms with Crippen molar-refractivity contribution in [3.8, 4) is 17.3 Å². The Balaban J connectivity index is 1.52. The summed E-state index contributed by atoms with van der Waals surface area (Å²) in [6, 6.07) is 15.7. The van der Waals surface area contributed by atoms with E-state index in [-0.39, 0.29) is 5.91 Å². The molecule has 1 saturated heterocycles. The number of carbonyl (C=O) groups excluding carboxylic acids is 1. The third kappa shape index (κ3) is 4.05. The second-order valence-electron chi connectivity index (χ2n) is 8.78. The normalized spacial score (nSPS) is 13.8. The highest BCUT2D eigenvalue weighted by atomic mass is 16.2. The first-order valence-corrected chi connectivity index (χ1v) is 11.4. The van der Waals surface area contributed by atoms with Gasteiger partial charge < -0.3 is 9.88 Å². The monoisotopic (exact) mass is 426 g/mol. The number of aromatic nitrogens is 2. The first-order chi connectivity index (χ1) is 15.4. The summed E-state index contributed by atoms with van der Waals surface area (Å²) in [7, 11) is 0. The fourth-order valence-corrected chi connectivity index (χ4v) is 4.49. The number of aromatic amines is 1. The summed E-state index contributed by atoms with van der Waals surface area (Å²) in [4.78, 5) is 23.4. The zero-order valence-electron chi connectivity index (χ0n) is 19.3. The Kier molecular flexibility index (Phi) is 6.14. The molecule has 5 nitrogen and oxygen atoms in total. The smallest absolute Gasteiger partial charge is 0.253 e. The van der Waals surface area contributed by atoms with Crippen LogP contribution in [0, 0.1) is 25.2 Å². The molecule has 5 heteroatoms. The van der Waals surface area contributed by atoms with Crippen molar-refractivity contribution in [1.29, 1.82) is 5.26 Å². The molecule has 0 radical (unpaired) electrons. The third-order valence-electron chi connectivity index (χ3n) is 6.69. The summed E-state index contributed by atoms with van der Waals surface area (Å²) in [5.41, 5.74) is 6.67. The number of nitrogens with one attached hydrogen (secondary N) is 1. The summed E-state index contributed by atoms with van der Waals surface area (Å²) in [5, 5.41) is 8.96. The van der Waals surface area contributed by atoms with Crippen LogP contribution in [-0.4, -0.2) is 33.9 Å². The van der Waals surface area contributed by atoms with Crippen LogP contribution in [0.3, 0.4) is 0 Å². The van der Waals surface area contributed by atoms with Gasteiger partial charge in [-0.1, -0.05) is 32.0 Å². The standard InChI is InChI=1S/C27H30N4O/c1-5-20(6-2)26-29-18(4)25(30-26)24-13-22(10-7-17(24)3)27(32)31-15-23(16-31)21-11-8-19(14-28)9-12-21/h7-13,20,23H,5-6,15-16H2,1-4H3,(H,29,30).